The lowest BCUT2D eigenvalue weighted by Gasteiger charge is -2.57. The zero-order valence-electron chi connectivity index (χ0n) is 22.7. The van der Waals surface area contributed by atoms with Crippen molar-refractivity contribution >= 4 is 17.6 Å². The van der Waals surface area contributed by atoms with E-state index in [1.165, 1.54) is 55.2 Å². The third-order valence-electron chi connectivity index (χ3n) is 8.66. The summed E-state index contributed by atoms with van der Waals surface area (Å²) < 4.78 is 17.5. The molecule has 0 spiro atoms. The molecule has 1 atom stereocenters. The molecule has 4 saturated carbocycles. The summed E-state index contributed by atoms with van der Waals surface area (Å²) in [4.78, 5) is 12.1. The monoisotopic (exact) mass is 503 g/mol. The number of rotatable bonds is 10. The summed E-state index contributed by atoms with van der Waals surface area (Å²) >= 11 is 0. The van der Waals surface area contributed by atoms with Crippen molar-refractivity contribution in [3.05, 3.63) is 64.7 Å². The topological polar surface area (TPSA) is 56.8 Å². The minimum Gasteiger partial charge on any atom is -0.441 e. The predicted molar refractivity (Wildman–Crippen MR) is 147 cm³/mol. The summed E-state index contributed by atoms with van der Waals surface area (Å²) in [5, 5.41) is 2.85. The zero-order valence-corrected chi connectivity index (χ0v) is 22.7. The van der Waals surface area contributed by atoms with E-state index in [2.05, 4.69) is 36.5 Å². The number of hydrogen-bond donors (Lipinski definition) is 1. The molecule has 1 amide bonds. The quantitative estimate of drug-likeness (QED) is 0.286. The number of nitrogens with one attached hydrogen (secondary N) is 1. The Morgan fingerprint density at radius 3 is 2.19 bits per heavy atom. The maximum Gasteiger partial charge on any atom is 0.315 e. The lowest BCUT2D eigenvalue weighted by molar-refractivity contribution is -0.231. The number of benzene rings is 2. The highest BCUT2D eigenvalue weighted by atomic mass is 16.8. The minimum atomic E-state index is -0.705. The van der Waals surface area contributed by atoms with E-state index in [0.717, 1.165) is 29.1 Å². The molecule has 0 saturated heterocycles. The molecule has 6 rings (SSSR count). The van der Waals surface area contributed by atoms with Crippen molar-refractivity contribution in [3.63, 3.8) is 0 Å². The van der Waals surface area contributed by atoms with Gasteiger partial charge in [-0.2, -0.15) is 0 Å². The fourth-order valence-corrected chi connectivity index (χ4v) is 7.45. The molecule has 2 aromatic rings. The molecule has 0 heterocycles. The minimum absolute atomic E-state index is 0.0352. The lowest BCUT2D eigenvalue weighted by Crippen LogP contribution is -2.48. The van der Waals surface area contributed by atoms with Gasteiger partial charge in [0, 0.05) is 24.8 Å². The average Bonchev–Trinajstić information content (AvgIpc) is 2.88. The van der Waals surface area contributed by atoms with Crippen LogP contribution in [0.2, 0.25) is 0 Å². The standard InChI is InChI=1S/C32H41NO4/c1-5-33-30(34)26-9-7-22(8-10-26)13-21(3)27-11-12-29(37-31(35-4)36-6-2)28(17-27)32-18-23-14-24(19-32)16-25(15-23)20-32/h7-13,17,23-25,31H,5-6,14-16,18-20H2,1-4H3,(H,33,34). The van der Waals surface area contributed by atoms with Crippen molar-refractivity contribution in [2.24, 2.45) is 17.8 Å². The molecule has 5 heteroatoms. The summed E-state index contributed by atoms with van der Waals surface area (Å²) in [7, 11) is 1.63. The Labute approximate surface area is 221 Å². The molecule has 4 aliphatic carbocycles. The van der Waals surface area contributed by atoms with E-state index in [9.17, 15) is 4.79 Å². The van der Waals surface area contributed by atoms with E-state index >= 15 is 0 Å². The van der Waals surface area contributed by atoms with Crippen molar-refractivity contribution in [2.75, 3.05) is 20.3 Å². The van der Waals surface area contributed by atoms with E-state index in [1.807, 2.05) is 38.1 Å². The van der Waals surface area contributed by atoms with E-state index in [4.69, 9.17) is 14.2 Å². The van der Waals surface area contributed by atoms with Crippen LogP contribution in [0.4, 0.5) is 0 Å². The second-order valence-electron chi connectivity index (χ2n) is 11.3. The SMILES string of the molecule is CCNC(=O)c1ccc(C=C(C)c2ccc(OC(OC)OCC)c(C34CC5CC(CC(C5)C3)C4)c2)cc1. The van der Waals surface area contributed by atoms with Crippen LogP contribution in [-0.2, 0) is 14.9 Å². The van der Waals surface area contributed by atoms with Crippen molar-refractivity contribution in [1.82, 2.24) is 5.32 Å². The Kier molecular flexibility index (Phi) is 7.73. The third-order valence-corrected chi connectivity index (χ3v) is 8.66. The Morgan fingerprint density at radius 2 is 1.62 bits per heavy atom. The van der Waals surface area contributed by atoms with Crippen LogP contribution in [0.25, 0.3) is 11.6 Å². The molecule has 0 aliphatic heterocycles. The highest BCUT2D eigenvalue weighted by molar-refractivity contribution is 5.94. The number of carbonyl (C=O) groups is 1. The Morgan fingerprint density at radius 1 is 1.00 bits per heavy atom. The predicted octanol–water partition coefficient (Wildman–Crippen LogP) is 6.81. The first-order valence-corrected chi connectivity index (χ1v) is 14.0. The summed E-state index contributed by atoms with van der Waals surface area (Å²) in [6, 6.07) is 14.4. The molecule has 4 bridgehead atoms. The van der Waals surface area contributed by atoms with Gasteiger partial charge < -0.3 is 19.5 Å². The fourth-order valence-electron chi connectivity index (χ4n) is 7.45. The number of carbonyl (C=O) groups excluding carboxylic acids is 1. The first-order chi connectivity index (χ1) is 17.9. The molecule has 0 aromatic heterocycles. The third kappa shape index (κ3) is 5.49. The normalized spacial score (nSPS) is 27.2. The van der Waals surface area contributed by atoms with Crippen molar-refractivity contribution in [1.29, 1.82) is 0 Å². The zero-order chi connectivity index (χ0) is 26.0. The highest BCUT2D eigenvalue weighted by Gasteiger charge is 2.52. The first kappa shape index (κ1) is 26.0. The van der Waals surface area contributed by atoms with E-state index < -0.39 is 6.48 Å². The molecule has 5 nitrogen and oxygen atoms in total. The average molecular weight is 504 g/mol. The molecule has 2 aromatic carbocycles. The Balaban J connectivity index is 1.47. The highest BCUT2D eigenvalue weighted by Crippen LogP contribution is 2.62. The van der Waals surface area contributed by atoms with Gasteiger partial charge in [-0.3, -0.25) is 4.79 Å². The fraction of sp³-hybridized carbons (Fsp3) is 0.531. The molecule has 0 radical (unpaired) electrons. The molecule has 37 heavy (non-hydrogen) atoms. The van der Waals surface area contributed by atoms with Gasteiger partial charge in [0.05, 0.1) is 6.61 Å². The van der Waals surface area contributed by atoms with Crippen molar-refractivity contribution in [2.45, 2.75) is 71.2 Å². The van der Waals surface area contributed by atoms with E-state index in [1.54, 1.807) is 7.11 Å². The Hall–Kier alpha value is -2.63. The van der Waals surface area contributed by atoms with Crippen LogP contribution in [0.1, 0.15) is 86.3 Å². The number of allylic oxidation sites excluding steroid dienone is 1. The van der Waals surface area contributed by atoms with Gasteiger partial charge in [0.2, 0.25) is 0 Å². The second kappa shape index (κ2) is 11.0. The van der Waals surface area contributed by atoms with Crippen LogP contribution in [0.5, 0.6) is 5.75 Å². The van der Waals surface area contributed by atoms with Gasteiger partial charge in [0.25, 0.3) is 5.91 Å². The molecule has 1 N–H and O–H groups in total. The van der Waals surface area contributed by atoms with Crippen LogP contribution < -0.4 is 10.1 Å². The summed E-state index contributed by atoms with van der Waals surface area (Å²) in [6.45, 7) is 6.50. The summed E-state index contributed by atoms with van der Waals surface area (Å²) in [6.07, 6.45) is 10.2. The number of hydrogen-bond acceptors (Lipinski definition) is 4. The van der Waals surface area contributed by atoms with E-state index in [-0.39, 0.29) is 11.3 Å². The Bertz CT molecular complexity index is 1100. The number of amides is 1. The van der Waals surface area contributed by atoms with Gasteiger partial charge in [-0.1, -0.05) is 24.3 Å². The summed E-state index contributed by atoms with van der Waals surface area (Å²) in [5.74, 6) is 3.38. The maximum atomic E-state index is 12.1. The largest absolute Gasteiger partial charge is 0.441 e. The number of ether oxygens (including phenoxy) is 3. The molecular weight excluding hydrogens is 462 g/mol. The smallest absolute Gasteiger partial charge is 0.315 e. The van der Waals surface area contributed by atoms with Crippen LogP contribution in [0, 0.1) is 17.8 Å². The van der Waals surface area contributed by atoms with E-state index in [0.29, 0.717) is 18.7 Å². The van der Waals surface area contributed by atoms with Crippen molar-refractivity contribution in [3.8, 4) is 5.75 Å². The summed E-state index contributed by atoms with van der Waals surface area (Å²) in [5.41, 5.74) is 5.67. The van der Waals surface area contributed by atoms with Crippen LogP contribution in [-0.4, -0.2) is 32.6 Å². The van der Waals surface area contributed by atoms with Gasteiger partial charge in [-0.15, -0.1) is 0 Å². The molecular formula is C32H41NO4. The molecule has 1 unspecified atom stereocenters. The lowest BCUT2D eigenvalue weighted by atomic mass is 9.48. The van der Waals surface area contributed by atoms with Crippen molar-refractivity contribution < 1.29 is 19.0 Å². The maximum absolute atomic E-state index is 12.1. The second-order valence-corrected chi connectivity index (χ2v) is 11.3. The van der Waals surface area contributed by atoms with Gasteiger partial charge in [-0.05, 0) is 123 Å². The van der Waals surface area contributed by atoms with Crippen LogP contribution in [0.15, 0.2) is 42.5 Å². The van der Waals surface area contributed by atoms with Gasteiger partial charge in [-0.25, -0.2) is 0 Å². The molecule has 4 aliphatic rings. The first-order valence-electron chi connectivity index (χ1n) is 14.0. The van der Waals surface area contributed by atoms with Gasteiger partial charge in [0.1, 0.15) is 5.75 Å². The van der Waals surface area contributed by atoms with Crippen LogP contribution in [0.3, 0.4) is 0 Å². The molecule has 198 valence electrons. The molecule has 4 fully saturated rings. The van der Waals surface area contributed by atoms with Gasteiger partial charge >= 0.3 is 6.48 Å². The number of methoxy groups -OCH3 is 1. The van der Waals surface area contributed by atoms with Crippen LogP contribution >= 0.6 is 0 Å². The van der Waals surface area contributed by atoms with Gasteiger partial charge in [0.15, 0.2) is 0 Å².